The lowest BCUT2D eigenvalue weighted by Gasteiger charge is -2.33. The number of anilines is 5. The SMILES string of the molecule is CN1CCN(c2ccc(Nc3ncc(F)c(Nc4ccc5[nH]c(=O)[nH]c5c4)n3)cn2)CC1. The minimum absolute atomic E-state index is 0.0155. The molecular formula is C21H22FN9O. The molecule has 5 rings (SSSR count). The predicted molar refractivity (Wildman–Crippen MR) is 121 cm³/mol. The first-order chi connectivity index (χ1) is 15.5. The van der Waals surface area contributed by atoms with E-state index in [1.54, 1.807) is 24.4 Å². The number of pyridine rings is 1. The van der Waals surface area contributed by atoms with Crippen molar-refractivity contribution >= 4 is 40.0 Å². The normalized spacial score (nSPS) is 14.6. The number of fused-ring (bicyclic) bond motifs is 1. The summed E-state index contributed by atoms with van der Waals surface area (Å²) in [6, 6.07) is 8.99. The van der Waals surface area contributed by atoms with E-state index in [1.165, 1.54) is 0 Å². The van der Waals surface area contributed by atoms with Gasteiger partial charge in [-0.25, -0.2) is 19.2 Å². The molecule has 1 fully saturated rings. The zero-order valence-corrected chi connectivity index (χ0v) is 17.4. The van der Waals surface area contributed by atoms with Crippen LogP contribution in [0, 0.1) is 5.82 Å². The molecule has 0 amide bonds. The van der Waals surface area contributed by atoms with Crippen molar-refractivity contribution in [3.63, 3.8) is 0 Å². The molecule has 0 atom stereocenters. The van der Waals surface area contributed by atoms with Crippen LogP contribution < -0.4 is 21.2 Å². The van der Waals surface area contributed by atoms with Gasteiger partial charge in [0.1, 0.15) is 5.82 Å². The highest BCUT2D eigenvalue weighted by Gasteiger charge is 2.15. The summed E-state index contributed by atoms with van der Waals surface area (Å²) in [6.07, 6.45) is 2.81. The Kier molecular flexibility index (Phi) is 5.15. The number of aromatic nitrogens is 5. The van der Waals surface area contributed by atoms with E-state index in [0.29, 0.717) is 22.4 Å². The fourth-order valence-electron chi connectivity index (χ4n) is 3.57. The van der Waals surface area contributed by atoms with Crippen molar-refractivity contribution < 1.29 is 4.39 Å². The number of rotatable bonds is 5. The molecule has 10 nitrogen and oxygen atoms in total. The quantitative estimate of drug-likeness (QED) is 0.378. The minimum Gasteiger partial charge on any atom is -0.354 e. The van der Waals surface area contributed by atoms with Crippen LogP contribution >= 0.6 is 0 Å². The lowest BCUT2D eigenvalue weighted by Crippen LogP contribution is -2.44. The Morgan fingerprint density at radius 3 is 2.50 bits per heavy atom. The van der Waals surface area contributed by atoms with E-state index in [0.717, 1.165) is 38.2 Å². The van der Waals surface area contributed by atoms with Crippen LogP contribution in [0.2, 0.25) is 0 Å². The lowest BCUT2D eigenvalue weighted by molar-refractivity contribution is 0.312. The largest absolute Gasteiger partial charge is 0.354 e. The summed E-state index contributed by atoms with van der Waals surface area (Å²) >= 11 is 0. The summed E-state index contributed by atoms with van der Waals surface area (Å²) in [7, 11) is 2.11. The van der Waals surface area contributed by atoms with Crippen LogP contribution in [-0.4, -0.2) is 63.0 Å². The molecule has 1 aliphatic heterocycles. The third-order valence-corrected chi connectivity index (χ3v) is 5.35. The van der Waals surface area contributed by atoms with Crippen molar-refractivity contribution in [1.29, 1.82) is 0 Å². The summed E-state index contributed by atoms with van der Waals surface area (Å²) in [6.45, 7) is 3.89. The monoisotopic (exact) mass is 435 g/mol. The van der Waals surface area contributed by atoms with Gasteiger partial charge in [0, 0.05) is 31.9 Å². The van der Waals surface area contributed by atoms with Gasteiger partial charge in [-0.1, -0.05) is 0 Å². The molecule has 1 aliphatic rings. The van der Waals surface area contributed by atoms with Crippen LogP contribution in [-0.2, 0) is 0 Å². The number of benzene rings is 1. The Labute approximate surface area is 182 Å². The van der Waals surface area contributed by atoms with Crippen LogP contribution in [0.5, 0.6) is 0 Å². The first-order valence-corrected chi connectivity index (χ1v) is 10.2. The van der Waals surface area contributed by atoms with Gasteiger partial charge in [0.2, 0.25) is 5.95 Å². The van der Waals surface area contributed by atoms with Gasteiger partial charge >= 0.3 is 5.69 Å². The van der Waals surface area contributed by atoms with Gasteiger partial charge in [-0.15, -0.1) is 0 Å². The molecule has 0 bridgehead atoms. The molecule has 11 heteroatoms. The summed E-state index contributed by atoms with van der Waals surface area (Å²) in [5, 5.41) is 5.98. The van der Waals surface area contributed by atoms with Crippen LogP contribution in [0.4, 0.5) is 33.3 Å². The summed E-state index contributed by atoms with van der Waals surface area (Å²) in [5.41, 5.74) is 2.25. The molecule has 164 valence electrons. The Bertz CT molecular complexity index is 1290. The van der Waals surface area contributed by atoms with Gasteiger partial charge in [-0.05, 0) is 37.4 Å². The standard InChI is InChI=1S/C21H22FN9O/c1-30-6-8-31(9-7-30)18-5-3-14(11-23-18)26-20-24-12-15(22)19(29-20)25-13-2-4-16-17(10-13)28-21(32)27-16/h2-5,10-12H,6-9H2,1H3,(H2,27,28,32)(H2,24,25,26,29). The molecular weight excluding hydrogens is 413 g/mol. The predicted octanol–water partition coefficient (Wildman–Crippen LogP) is 2.42. The molecule has 32 heavy (non-hydrogen) atoms. The Morgan fingerprint density at radius 2 is 1.72 bits per heavy atom. The molecule has 0 spiro atoms. The van der Waals surface area contributed by atoms with Crippen molar-refractivity contribution in [2.45, 2.75) is 0 Å². The molecule has 0 saturated carbocycles. The molecule has 1 aromatic carbocycles. The van der Waals surface area contributed by atoms with Crippen molar-refractivity contribution in [3.8, 4) is 0 Å². The number of imidazole rings is 1. The fraction of sp³-hybridized carbons (Fsp3) is 0.238. The van der Waals surface area contributed by atoms with Crippen molar-refractivity contribution in [1.82, 2.24) is 29.8 Å². The average Bonchev–Trinajstić information content (AvgIpc) is 3.16. The van der Waals surface area contributed by atoms with Crippen molar-refractivity contribution in [2.75, 3.05) is 48.8 Å². The van der Waals surface area contributed by atoms with Gasteiger partial charge in [-0.2, -0.15) is 4.98 Å². The van der Waals surface area contributed by atoms with E-state index in [2.05, 4.69) is 52.4 Å². The van der Waals surface area contributed by atoms with Crippen LogP contribution in [0.15, 0.2) is 47.5 Å². The molecule has 4 aromatic rings. The van der Waals surface area contributed by atoms with Gasteiger partial charge in [0.05, 0.1) is 29.1 Å². The summed E-state index contributed by atoms with van der Waals surface area (Å²) in [5.74, 6) is 0.576. The maximum atomic E-state index is 14.3. The Hall–Kier alpha value is -3.99. The molecule has 1 saturated heterocycles. The number of likely N-dealkylation sites (N-methyl/N-ethyl adjacent to an activating group) is 1. The van der Waals surface area contributed by atoms with Crippen LogP contribution in [0.1, 0.15) is 0 Å². The Morgan fingerprint density at radius 1 is 0.938 bits per heavy atom. The molecule has 0 aliphatic carbocycles. The van der Waals surface area contributed by atoms with Gasteiger partial charge < -0.3 is 30.4 Å². The van der Waals surface area contributed by atoms with E-state index in [4.69, 9.17) is 0 Å². The Balaban J connectivity index is 1.30. The second kappa shape index (κ2) is 8.27. The highest BCUT2D eigenvalue weighted by molar-refractivity contribution is 5.80. The van der Waals surface area contributed by atoms with Gasteiger partial charge in [-0.3, -0.25) is 0 Å². The maximum Gasteiger partial charge on any atom is 0.323 e. The van der Waals surface area contributed by atoms with E-state index >= 15 is 0 Å². The van der Waals surface area contributed by atoms with E-state index in [-0.39, 0.29) is 17.5 Å². The van der Waals surface area contributed by atoms with Crippen LogP contribution in [0.3, 0.4) is 0 Å². The molecule has 0 unspecified atom stereocenters. The van der Waals surface area contributed by atoms with Gasteiger partial charge in [0.25, 0.3) is 0 Å². The number of halogens is 1. The summed E-state index contributed by atoms with van der Waals surface area (Å²) in [4.78, 5) is 34.1. The summed E-state index contributed by atoms with van der Waals surface area (Å²) < 4.78 is 14.3. The van der Waals surface area contributed by atoms with E-state index < -0.39 is 5.82 Å². The highest BCUT2D eigenvalue weighted by atomic mass is 19.1. The number of piperazine rings is 1. The second-order valence-electron chi connectivity index (χ2n) is 7.68. The molecule has 4 heterocycles. The molecule has 0 radical (unpaired) electrons. The zero-order valence-electron chi connectivity index (χ0n) is 17.4. The molecule has 4 N–H and O–H groups in total. The average molecular weight is 435 g/mol. The van der Waals surface area contributed by atoms with Crippen molar-refractivity contribution in [2.24, 2.45) is 0 Å². The number of nitrogens with one attached hydrogen (secondary N) is 4. The zero-order chi connectivity index (χ0) is 22.1. The highest BCUT2D eigenvalue weighted by Crippen LogP contribution is 2.23. The number of hydrogen-bond donors (Lipinski definition) is 4. The first kappa shape index (κ1) is 19.9. The smallest absolute Gasteiger partial charge is 0.323 e. The lowest BCUT2D eigenvalue weighted by atomic mass is 10.3. The van der Waals surface area contributed by atoms with E-state index in [9.17, 15) is 9.18 Å². The number of hydrogen-bond acceptors (Lipinski definition) is 8. The molecule has 3 aromatic heterocycles. The first-order valence-electron chi connectivity index (χ1n) is 10.2. The third kappa shape index (κ3) is 4.23. The maximum absolute atomic E-state index is 14.3. The fourth-order valence-corrected chi connectivity index (χ4v) is 3.57. The number of nitrogens with zero attached hydrogens (tertiary/aromatic N) is 5. The number of H-pyrrole nitrogens is 2. The topological polar surface area (TPSA) is 118 Å². The minimum atomic E-state index is -0.596. The van der Waals surface area contributed by atoms with Crippen LogP contribution in [0.25, 0.3) is 11.0 Å². The van der Waals surface area contributed by atoms with Crippen molar-refractivity contribution in [3.05, 3.63) is 59.0 Å². The third-order valence-electron chi connectivity index (χ3n) is 5.35. The number of aromatic amines is 2. The van der Waals surface area contributed by atoms with Gasteiger partial charge in [0.15, 0.2) is 11.6 Å². The second-order valence-corrected chi connectivity index (χ2v) is 7.68. The van der Waals surface area contributed by atoms with E-state index in [1.807, 2.05) is 12.1 Å².